The Hall–Kier alpha value is -1.55. The maximum absolute atomic E-state index is 11.6. The fourth-order valence-corrected chi connectivity index (χ4v) is 3.25. The van der Waals surface area contributed by atoms with E-state index in [1.807, 2.05) is 17.0 Å². The van der Waals surface area contributed by atoms with E-state index in [9.17, 15) is 4.79 Å². The molecule has 4 nitrogen and oxygen atoms in total. The smallest absolute Gasteiger partial charge is 0.223 e. The quantitative estimate of drug-likeness (QED) is 0.853. The molecule has 1 aromatic rings. The van der Waals surface area contributed by atoms with Gasteiger partial charge >= 0.3 is 0 Å². The standard InChI is InChI=1S/C17H24N2O2/c1-14(20)19-10-7-15-5-6-16(13-17(15)19)21-12-11-18-8-3-2-4-9-18/h5-6,13H,2-4,7-12H2,1H3. The van der Waals surface area contributed by atoms with Crippen molar-refractivity contribution in [1.29, 1.82) is 0 Å². The van der Waals surface area contributed by atoms with Crippen LogP contribution >= 0.6 is 0 Å². The van der Waals surface area contributed by atoms with E-state index in [0.29, 0.717) is 0 Å². The summed E-state index contributed by atoms with van der Waals surface area (Å²) in [7, 11) is 0. The number of ether oxygens (including phenoxy) is 1. The van der Waals surface area contributed by atoms with E-state index >= 15 is 0 Å². The molecule has 4 heteroatoms. The monoisotopic (exact) mass is 288 g/mol. The van der Waals surface area contributed by atoms with E-state index in [1.165, 1.54) is 37.9 Å². The predicted octanol–water partition coefficient (Wildman–Crippen LogP) is 2.46. The van der Waals surface area contributed by atoms with Crippen LogP contribution in [-0.4, -0.2) is 43.6 Å². The third kappa shape index (κ3) is 3.38. The van der Waals surface area contributed by atoms with E-state index in [1.54, 1.807) is 6.92 Å². The van der Waals surface area contributed by atoms with Crippen molar-refractivity contribution in [2.75, 3.05) is 37.7 Å². The van der Waals surface area contributed by atoms with Crippen LogP contribution in [0.4, 0.5) is 5.69 Å². The second-order valence-electron chi connectivity index (χ2n) is 5.96. The predicted molar refractivity (Wildman–Crippen MR) is 84.0 cm³/mol. The highest BCUT2D eigenvalue weighted by Gasteiger charge is 2.22. The van der Waals surface area contributed by atoms with Crippen molar-refractivity contribution in [2.24, 2.45) is 0 Å². The summed E-state index contributed by atoms with van der Waals surface area (Å²) in [5.41, 5.74) is 2.27. The minimum Gasteiger partial charge on any atom is -0.492 e. The first kappa shape index (κ1) is 14.4. The zero-order valence-electron chi connectivity index (χ0n) is 12.8. The van der Waals surface area contributed by atoms with Gasteiger partial charge in [-0.3, -0.25) is 9.69 Å². The average molecular weight is 288 g/mol. The Morgan fingerprint density at radius 1 is 1.19 bits per heavy atom. The molecule has 21 heavy (non-hydrogen) atoms. The molecule has 0 N–H and O–H groups in total. The van der Waals surface area contributed by atoms with Gasteiger partial charge < -0.3 is 9.64 Å². The van der Waals surface area contributed by atoms with Crippen molar-refractivity contribution in [2.45, 2.75) is 32.6 Å². The van der Waals surface area contributed by atoms with Crippen molar-refractivity contribution in [3.63, 3.8) is 0 Å². The van der Waals surface area contributed by atoms with Gasteiger partial charge in [0.2, 0.25) is 5.91 Å². The number of nitrogens with zero attached hydrogens (tertiary/aromatic N) is 2. The summed E-state index contributed by atoms with van der Waals surface area (Å²) in [4.78, 5) is 15.9. The van der Waals surface area contributed by atoms with Crippen LogP contribution < -0.4 is 9.64 Å². The lowest BCUT2D eigenvalue weighted by Gasteiger charge is -2.26. The lowest BCUT2D eigenvalue weighted by molar-refractivity contribution is -0.116. The molecule has 0 radical (unpaired) electrons. The fourth-order valence-electron chi connectivity index (χ4n) is 3.25. The van der Waals surface area contributed by atoms with E-state index < -0.39 is 0 Å². The zero-order valence-corrected chi connectivity index (χ0v) is 12.8. The molecule has 2 heterocycles. The van der Waals surface area contributed by atoms with Gasteiger partial charge in [-0.05, 0) is 44.0 Å². The molecule has 1 saturated heterocycles. The summed E-state index contributed by atoms with van der Waals surface area (Å²) in [6.45, 7) is 6.53. The van der Waals surface area contributed by atoms with Gasteiger partial charge in [0.1, 0.15) is 12.4 Å². The molecule has 1 aromatic carbocycles. The van der Waals surface area contributed by atoms with Gasteiger partial charge in [-0.15, -0.1) is 0 Å². The number of hydrogen-bond acceptors (Lipinski definition) is 3. The SMILES string of the molecule is CC(=O)N1CCc2ccc(OCCN3CCCCC3)cc21. The molecule has 0 aromatic heterocycles. The molecular formula is C17H24N2O2. The highest BCUT2D eigenvalue weighted by Crippen LogP contribution is 2.31. The maximum Gasteiger partial charge on any atom is 0.223 e. The molecule has 3 rings (SSSR count). The topological polar surface area (TPSA) is 32.8 Å². The highest BCUT2D eigenvalue weighted by atomic mass is 16.5. The molecule has 0 aliphatic carbocycles. The Morgan fingerprint density at radius 2 is 2.00 bits per heavy atom. The first-order valence-electron chi connectivity index (χ1n) is 8.00. The molecule has 0 saturated carbocycles. The average Bonchev–Trinajstić information content (AvgIpc) is 2.92. The second kappa shape index (κ2) is 6.48. The van der Waals surface area contributed by atoms with Gasteiger partial charge in [-0.1, -0.05) is 12.5 Å². The van der Waals surface area contributed by atoms with E-state index in [4.69, 9.17) is 4.74 Å². The van der Waals surface area contributed by atoms with Crippen LogP contribution in [-0.2, 0) is 11.2 Å². The summed E-state index contributed by atoms with van der Waals surface area (Å²) in [6.07, 6.45) is 4.94. The van der Waals surface area contributed by atoms with Crippen molar-refractivity contribution in [3.8, 4) is 5.75 Å². The highest BCUT2D eigenvalue weighted by molar-refractivity contribution is 5.94. The van der Waals surface area contributed by atoms with Crippen molar-refractivity contribution in [1.82, 2.24) is 4.90 Å². The number of carbonyl (C=O) groups excluding carboxylic acids is 1. The third-order valence-electron chi connectivity index (χ3n) is 4.46. The normalized spacial score (nSPS) is 18.6. The van der Waals surface area contributed by atoms with Crippen molar-refractivity contribution < 1.29 is 9.53 Å². The minimum atomic E-state index is 0.110. The van der Waals surface area contributed by atoms with Crippen LogP contribution in [0, 0.1) is 0 Å². The van der Waals surface area contributed by atoms with E-state index in [0.717, 1.165) is 37.6 Å². The number of benzene rings is 1. The summed E-state index contributed by atoms with van der Waals surface area (Å²) in [5, 5.41) is 0. The molecule has 0 bridgehead atoms. The van der Waals surface area contributed by atoms with E-state index in [2.05, 4.69) is 11.0 Å². The summed E-state index contributed by atoms with van der Waals surface area (Å²) >= 11 is 0. The summed E-state index contributed by atoms with van der Waals surface area (Å²) in [5.74, 6) is 0.984. The van der Waals surface area contributed by atoms with Gasteiger partial charge in [0.05, 0.1) is 5.69 Å². The van der Waals surface area contributed by atoms with Crippen molar-refractivity contribution in [3.05, 3.63) is 23.8 Å². The van der Waals surface area contributed by atoms with Crippen LogP contribution in [0.2, 0.25) is 0 Å². The molecule has 0 spiro atoms. The van der Waals surface area contributed by atoms with Gasteiger partial charge in [0, 0.05) is 26.1 Å². The van der Waals surface area contributed by atoms with Gasteiger partial charge in [0.15, 0.2) is 0 Å². The van der Waals surface area contributed by atoms with Crippen LogP contribution in [0.15, 0.2) is 18.2 Å². The number of hydrogen-bond donors (Lipinski definition) is 0. The summed E-state index contributed by atoms with van der Waals surface area (Å²) < 4.78 is 5.88. The summed E-state index contributed by atoms with van der Waals surface area (Å²) in [6, 6.07) is 6.13. The van der Waals surface area contributed by atoms with E-state index in [-0.39, 0.29) is 5.91 Å². The minimum absolute atomic E-state index is 0.110. The Balaban J connectivity index is 1.56. The largest absolute Gasteiger partial charge is 0.492 e. The number of piperidine rings is 1. The molecule has 0 atom stereocenters. The molecular weight excluding hydrogens is 264 g/mol. The second-order valence-corrected chi connectivity index (χ2v) is 5.96. The van der Waals surface area contributed by atoms with Crippen LogP contribution in [0.5, 0.6) is 5.75 Å². The molecule has 2 aliphatic heterocycles. The lowest BCUT2D eigenvalue weighted by atomic mass is 10.1. The molecule has 1 amide bonds. The lowest BCUT2D eigenvalue weighted by Crippen LogP contribution is -2.33. The molecule has 1 fully saturated rings. The molecule has 2 aliphatic rings. The Labute approximate surface area is 126 Å². The Bertz CT molecular complexity index is 510. The number of likely N-dealkylation sites (tertiary alicyclic amines) is 1. The third-order valence-corrected chi connectivity index (χ3v) is 4.46. The van der Waals surface area contributed by atoms with Crippen LogP contribution in [0.1, 0.15) is 31.7 Å². The number of rotatable bonds is 4. The first-order chi connectivity index (χ1) is 10.2. The number of amides is 1. The van der Waals surface area contributed by atoms with Gasteiger partial charge in [-0.25, -0.2) is 0 Å². The Kier molecular flexibility index (Phi) is 4.44. The van der Waals surface area contributed by atoms with Crippen molar-refractivity contribution >= 4 is 11.6 Å². The van der Waals surface area contributed by atoms with Gasteiger partial charge in [-0.2, -0.15) is 0 Å². The molecule has 0 unspecified atom stereocenters. The van der Waals surface area contributed by atoms with Crippen LogP contribution in [0.3, 0.4) is 0 Å². The fraction of sp³-hybridized carbons (Fsp3) is 0.588. The Morgan fingerprint density at radius 3 is 2.76 bits per heavy atom. The van der Waals surface area contributed by atoms with Crippen LogP contribution in [0.25, 0.3) is 0 Å². The number of carbonyl (C=O) groups is 1. The number of anilines is 1. The zero-order chi connectivity index (χ0) is 14.7. The van der Waals surface area contributed by atoms with Gasteiger partial charge in [0.25, 0.3) is 0 Å². The maximum atomic E-state index is 11.6. The molecule has 114 valence electrons. The number of fused-ring (bicyclic) bond motifs is 1. The first-order valence-corrected chi connectivity index (χ1v) is 8.00.